The number of nitrogens with zero attached hydrogens (tertiary/aromatic N) is 4. The van der Waals surface area contributed by atoms with Crippen molar-refractivity contribution in [1.82, 2.24) is 15.1 Å². The average Bonchev–Trinajstić information content (AvgIpc) is 3.34. The minimum atomic E-state index is 0. The number of piperazine rings is 1. The van der Waals surface area contributed by atoms with Crippen molar-refractivity contribution in [2.24, 2.45) is 10.9 Å². The Labute approximate surface area is 213 Å². The molecule has 2 aliphatic rings. The van der Waals surface area contributed by atoms with Gasteiger partial charge in [-0.25, -0.2) is 0 Å². The largest absolute Gasteiger partial charge is 0.497 e. The molecule has 176 valence electrons. The topological polar surface area (TPSA) is 43.3 Å². The molecule has 0 spiro atoms. The van der Waals surface area contributed by atoms with Crippen LogP contribution in [0.15, 0.2) is 46.8 Å². The fourth-order valence-corrected chi connectivity index (χ4v) is 5.27. The molecule has 1 N–H and O–H groups in total. The molecule has 0 bridgehead atoms. The van der Waals surface area contributed by atoms with E-state index in [0.29, 0.717) is 0 Å². The summed E-state index contributed by atoms with van der Waals surface area (Å²) in [4.78, 5) is 13.5. The molecule has 2 aromatic rings. The van der Waals surface area contributed by atoms with Gasteiger partial charge in [0, 0.05) is 62.9 Å². The highest BCUT2D eigenvalue weighted by Crippen LogP contribution is 2.23. The average molecular weight is 570 g/mol. The zero-order chi connectivity index (χ0) is 21.5. The number of rotatable bonds is 6. The van der Waals surface area contributed by atoms with E-state index in [9.17, 15) is 0 Å². The molecule has 32 heavy (non-hydrogen) atoms. The third-order valence-electron chi connectivity index (χ3n) is 6.43. The minimum Gasteiger partial charge on any atom is -0.497 e. The molecule has 2 aliphatic heterocycles. The van der Waals surface area contributed by atoms with Gasteiger partial charge in [-0.1, -0.05) is 12.1 Å². The van der Waals surface area contributed by atoms with Gasteiger partial charge in [-0.3, -0.25) is 9.89 Å². The number of hydrogen-bond acceptors (Lipinski definition) is 5. The summed E-state index contributed by atoms with van der Waals surface area (Å²) >= 11 is 1.87. The number of halogens is 1. The zero-order valence-electron chi connectivity index (χ0n) is 19.2. The van der Waals surface area contributed by atoms with Crippen LogP contribution in [0.1, 0.15) is 17.7 Å². The highest BCUT2D eigenvalue weighted by Gasteiger charge is 2.23. The van der Waals surface area contributed by atoms with Crippen molar-refractivity contribution in [1.29, 1.82) is 0 Å². The van der Waals surface area contributed by atoms with Gasteiger partial charge in [0.25, 0.3) is 0 Å². The molecule has 0 amide bonds. The summed E-state index contributed by atoms with van der Waals surface area (Å²) in [5.41, 5.74) is 1.23. The minimum absolute atomic E-state index is 0. The predicted octanol–water partition coefficient (Wildman–Crippen LogP) is 3.98. The highest BCUT2D eigenvalue weighted by molar-refractivity contribution is 14.0. The second kappa shape index (κ2) is 12.6. The van der Waals surface area contributed by atoms with Crippen LogP contribution in [0.2, 0.25) is 0 Å². The first kappa shape index (κ1) is 25.1. The number of likely N-dealkylation sites (tertiary alicyclic amines) is 1. The van der Waals surface area contributed by atoms with E-state index >= 15 is 0 Å². The van der Waals surface area contributed by atoms with Gasteiger partial charge < -0.3 is 19.9 Å². The standard InChI is InChI=1S/C24H35N5OS.HI/c1-25-24(26-18-20-8-10-27(11-9-20)19-23-7-4-16-31-23)29-14-12-28(13-15-29)21-5-3-6-22(17-21)30-2;/h3-7,16-17,20H,8-15,18-19H2,1-2H3,(H,25,26);1H. The number of benzene rings is 1. The summed E-state index contributed by atoms with van der Waals surface area (Å²) in [6.07, 6.45) is 2.53. The second-order valence-electron chi connectivity index (χ2n) is 8.40. The van der Waals surface area contributed by atoms with Crippen LogP contribution < -0.4 is 15.0 Å². The quantitative estimate of drug-likeness (QED) is 0.324. The van der Waals surface area contributed by atoms with Crippen LogP contribution in [0, 0.1) is 5.92 Å². The Balaban J connectivity index is 0.00000289. The molecule has 8 heteroatoms. The number of hydrogen-bond donors (Lipinski definition) is 1. The molecule has 3 heterocycles. The Hall–Kier alpha value is -1.52. The van der Waals surface area contributed by atoms with E-state index in [1.807, 2.05) is 24.5 Å². The molecule has 0 atom stereocenters. The van der Waals surface area contributed by atoms with Crippen molar-refractivity contribution >= 4 is 47.0 Å². The van der Waals surface area contributed by atoms with Crippen molar-refractivity contribution in [3.8, 4) is 5.75 Å². The van der Waals surface area contributed by atoms with Crippen LogP contribution in [0.5, 0.6) is 5.75 Å². The normalized spacial score (nSPS) is 18.4. The van der Waals surface area contributed by atoms with E-state index in [1.54, 1.807) is 7.11 Å². The molecular weight excluding hydrogens is 533 g/mol. The first-order valence-corrected chi connectivity index (χ1v) is 12.2. The molecule has 6 nitrogen and oxygen atoms in total. The van der Waals surface area contributed by atoms with Crippen molar-refractivity contribution in [3.63, 3.8) is 0 Å². The van der Waals surface area contributed by atoms with Gasteiger partial charge in [-0.05, 0) is 55.4 Å². The number of piperidine rings is 1. The molecule has 0 saturated carbocycles. The molecule has 1 aromatic heterocycles. The summed E-state index contributed by atoms with van der Waals surface area (Å²) < 4.78 is 5.38. The first-order chi connectivity index (χ1) is 15.2. The predicted molar refractivity (Wildman–Crippen MR) is 146 cm³/mol. The van der Waals surface area contributed by atoms with Crippen LogP contribution in [-0.4, -0.2) is 75.7 Å². The molecular formula is C24H36IN5OS. The lowest BCUT2D eigenvalue weighted by Gasteiger charge is -2.38. The maximum absolute atomic E-state index is 5.38. The van der Waals surface area contributed by atoms with Crippen LogP contribution in [0.25, 0.3) is 0 Å². The van der Waals surface area contributed by atoms with Gasteiger partial charge in [0.05, 0.1) is 7.11 Å². The van der Waals surface area contributed by atoms with E-state index < -0.39 is 0 Å². The smallest absolute Gasteiger partial charge is 0.193 e. The Kier molecular flexibility index (Phi) is 9.92. The Morgan fingerprint density at radius 1 is 1.09 bits per heavy atom. The van der Waals surface area contributed by atoms with E-state index in [-0.39, 0.29) is 24.0 Å². The summed E-state index contributed by atoms with van der Waals surface area (Å²) in [5, 5.41) is 5.84. The lowest BCUT2D eigenvalue weighted by molar-refractivity contribution is 0.178. The number of methoxy groups -OCH3 is 1. The number of aliphatic imine (C=N–C) groups is 1. The third kappa shape index (κ3) is 6.74. The maximum Gasteiger partial charge on any atom is 0.193 e. The van der Waals surface area contributed by atoms with Gasteiger partial charge in [-0.2, -0.15) is 0 Å². The van der Waals surface area contributed by atoms with Crippen molar-refractivity contribution in [3.05, 3.63) is 46.7 Å². The molecule has 0 aliphatic carbocycles. The summed E-state index contributed by atoms with van der Waals surface area (Å²) in [5.74, 6) is 2.69. The molecule has 4 rings (SSSR count). The first-order valence-electron chi connectivity index (χ1n) is 11.3. The lowest BCUT2D eigenvalue weighted by atomic mass is 9.97. The number of ether oxygens (including phenoxy) is 1. The van der Waals surface area contributed by atoms with Crippen LogP contribution in [0.3, 0.4) is 0 Å². The molecule has 0 radical (unpaired) electrons. The Morgan fingerprint density at radius 2 is 1.88 bits per heavy atom. The zero-order valence-corrected chi connectivity index (χ0v) is 22.4. The number of nitrogens with one attached hydrogen (secondary N) is 1. The van der Waals surface area contributed by atoms with Gasteiger partial charge in [0.1, 0.15) is 5.75 Å². The molecule has 1 aromatic carbocycles. The summed E-state index contributed by atoms with van der Waals surface area (Å²) in [7, 11) is 3.63. The Bertz CT molecular complexity index is 831. The van der Waals surface area contributed by atoms with Gasteiger partial charge in [-0.15, -0.1) is 35.3 Å². The lowest BCUT2D eigenvalue weighted by Crippen LogP contribution is -2.53. The van der Waals surface area contributed by atoms with E-state index in [2.05, 4.69) is 60.7 Å². The van der Waals surface area contributed by atoms with Crippen molar-refractivity contribution in [2.45, 2.75) is 19.4 Å². The number of guanidine groups is 1. The summed E-state index contributed by atoms with van der Waals surface area (Å²) in [6, 6.07) is 12.7. The van der Waals surface area contributed by atoms with E-state index in [1.165, 1.54) is 36.5 Å². The molecule has 2 saturated heterocycles. The third-order valence-corrected chi connectivity index (χ3v) is 7.29. The highest BCUT2D eigenvalue weighted by atomic mass is 127. The fourth-order valence-electron chi connectivity index (χ4n) is 4.52. The SMILES string of the molecule is CN=C(NCC1CCN(Cc2cccs2)CC1)N1CCN(c2cccc(OC)c2)CC1.I. The monoisotopic (exact) mass is 569 g/mol. The fraction of sp³-hybridized carbons (Fsp3) is 0.542. The summed E-state index contributed by atoms with van der Waals surface area (Å²) in [6.45, 7) is 8.48. The maximum atomic E-state index is 5.38. The van der Waals surface area contributed by atoms with Crippen LogP contribution in [0.4, 0.5) is 5.69 Å². The van der Waals surface area contributed by atoms with Crippen LogP contribution in [-0.2, 0) is 6.54 Å². The van der Waals surface area contributed by atoms with Crippen LogP contribution >= 0.6 is 35.3 Å². The second-order valence-corrected chi connectivity index (χ2v) is 9.43. The Morgan fingerprint density at radius 3 is 2.53 bits per heavy atom. The van der Waals surface area contributed by atoms with Gasteiger partial charge in [0.15, 0.2) is 5.96 Å². The molecule has 0 unspecified atom stereocenters. The molecule has 2 fully saturated rings. The van der Waals surface area contributed by atoms with E-state index in [0.717, 1.165) is 56.9 Å². The number of thiophene rings is 1. The van der Waals surface area contributed by atoms with Crippen molar-refractivity contribution < 1.29 is 4.74 Å². The van der Waals surface area contributed by atoms with Gasteiger partial charge >= 0.3 is 0 Å². The van der Waals surface area contributed by atoms with Gasteiger partial charge in [0.2, 0.25) is 0 Å². The van der Waals surface area contributed by atoms with Crippen molar-refractivity contribution in [2.75, 3.05) is 64.9 Å². The number of anilines is 1. The van der Waals surface area contributed by atoms with E-state index in [4.69, 9.17) is 4.74 Å².